The minimum Gasteiger partial charge on any atom is -0.321 e. The Labute approximate surface area is 78.8 Å². The van der Waals surface area contributed by atoms with E-state index in [1.165, 1.54) is 0 Å². The van der Waals surface area contributed by atoms with E-state index in [1.54, 1.807) is 6.92 Å². The van der Waals surface area contributed by atoms with Crippen LogP contribution in [0.2, 0.25) is 0 Å². The molecule has 0 aliphatic heterocycles. The Morgan fingerprint density at radius 1 is 1.38 bits per heavy atom. The highest BCUT2D eigenvalue weighted by Crippen LogP contribution is 2.12. The second-order valence-electron chi connectivity index (χ2n) is 3.47. The monoisotopic (exact) mass is 177 g/mol. The van der Waals surface area contributed by atoms with Crippen molar-refractivity contribution >= 4 is 5.78 Å². The predicted octanol–water partition coefficient (Wildman–Crippen LogP) is 1.83. The highest BCUT2D eigenvalue weighted by molar-refractivity contribution is 6.01. The Hall–Kier alpha value is -1.15. The quantitative estimate of drug-likeness (QED) is 0.700. The van der Waals surface area contributed by atoms with Crippen LogP contribution in [-0.2, 0) is 0 Å². The van der Waals surface area contributed by atoms with Crippen molar-refractivity contribution in [1.82, 2.24) is 0 Å². The van der Waals surface area contributed by atoms with Gasteiger partial charge in [0.15, 0.2) is 5.78 Å². The van der Waals surface area contributed by atoms with Crippen LogP contribution in [0.3, 0.4) is 0 Å². The summed E-state index contributed by atoms with van der Waals surface area (Å²) in [6, 6.07) is 5.42. The van der Waals surface area contributed by atoms with Crippen molar-refractivity contribution in [2.75, 3.05) is 0 Å². The smallest absolute Gasteiger partial charge is 0.179 e. The molecule has 0 bridgehead atoms. The molecule has 1 aromatic carbocycles. The molecular weight excluding hydrogens is 162 g/mol. The van der Waals surface area contributed by atoms with Crippen molar-refractivity contribution in [2.24, 2.45) is 5.73 Å². The molecule has 1 aromatic rings. The van der Waals surface area contributed by atoms with Gasteiger partial charge in [0.1, 0.15) is 0 Å². The van der Waals surface area contributed by atoms with Gasteiger partial charge in [0, 0.05) is 5.56 Å². The Morgan fingerprint density at radius 2 is 2.00 bits per heavy atom. The molecule has 0 aliphatic carbocycles. The number of benzene rings is 1. The molecule has 0 amide bonds. The maximum atomic E-state index is 11.6. The van der Waals surface area contributed by atoms with Crippen molar-refractivity contribution in [2.45, 2.75) is 26.8 Å². The zero-order chi connectivity index (χ0) is 10.0. The first kappa shape index (κ1) is 9.93. The van der Waals surface area contributed by atoms with Gasteiger partial charge in [-0.15, -0.1) is 0 Å². The average molecular weight is 177 g/mol. The molecule has 2 N–H and O–H groups in total. The molecular formula is C11H15NO. The van der Waals surface area contributed by atoms with Crippen molar-refractivity contribution in [1.29, 1.82) is 0 Å². The summed E-state index contributed by atoms with van der Waals surface area (Å²) in [6.07, 6.45) is 0. The molecule has 1 rings (SSSR count). The largest absolute Gasteiger partial charge is 0.321 e. The van der Waals surface area contributed by atoms with E-state index in [4.69, 9.17) is 5.73 Å². The van der Waals surface area contributed by atoms with Crippen LogP contribution >= 0.6 is 0 Å². The topological polar surface area (TPSA) is 43.1 Å². The summed E-state index contributed by atoms with van der Waals surface area (Å²) in [7, 11) is 0. The second kappa shape index (κ2) is 3.71. The number of rotatable bonds is 2. The molecule has 2 heteroatoms. The van der Waals surface area contributed by atoms with Crippen LogP contribution < -0.4 is 5.73 Å². The lowest BCUT2D eigenvalue weighted by Gasteiger charge is -2.08. The summed E-state index contributed by atoms with van der Waals surface area (Å²) >= 11 is 0. The molecule has 0 saturated heterocycles. The fraction of sp³-hybridized carbons (Fsp3) is 0.364. The molecule has 13 heavy (non-hydrogen) atoms. The molecule has 0 spiro atoms. The zero-order valence-electron chi connectivity index (χ0n) is 8.29. The lowest BCUT2D eigenvalue weighted by molar-refractivity contribution is 0.0967. The minimum absolute atomic E-state index is 0.0150. The van der Waals surface area contributed by atoms with E-state index in [-0.39, 0.29) is 5.78 Å². The lowest BCUT2D eigenvalue weighted by atomic mass is 9.99. The summed E-state index contributed by atoms with van der Waals surface area (Å²) in [5.74, 6) is 0.0150. The van der Waals surface area contributed by atoms with Gasteiger partial charge in [0.2, 0.25) is 0 Å². The fourth-order valence-electron chi connectivity index (χ4n) is 1.25. The standard InChI is InChI=1S/C11H15NO/c1-7-4-5-8(2)10(6-7)11(13)9(3)12/h4-6,9H,12H2,1-3H3. The molecule has 0 radical (unpaired) electrons. The Morgan fingerprint density at radius 3 is 2.54 bits per heavy atom. The van der Waals surface area contributed by atoms with E-state index in [2.05, 4.69) is 0 Å². The first-order chi connectivity index (χ1) is 6.02. The predicted molar refractivity (Wildman–Crippen MR) is 53.9 cm³/mol. The number of hydrogen-bond donors (Lipinski definition) is 1. The van der Waals surface area contributed by atoms with Crippen LogP contribution in [0.4, 0.5) is 0 Å². The fourth-order valence-corrected chi connectivity index (χ4v) is 1.25. The molecule has 0 heterocycles. The number of ketones is 1. The van der Waals surface area contributed by atoms with Crippen LogP contribution in [0.1, 0.15) is 28.4 Å². The molecule has 0 fully saturated rings. The molecule has 2 nitrogen and oxygen atoms in total. The zero-order valence-corrected chi connectivity index (χ0v) is 8.29. The van der Waals surface area contributed by atoms with E-state index < -0.39 is 6.04 Å². The van der Waals surface area contributed by atoms with Crippen molar-refractivity contribution < 1.29 is 4.79 Å². The van der Waals surface area contributed by atoms with Gasteiger partial charge in [-0.25, -0.2) is 0 Å². The van der Waals surface area contributed by atoms with E-state index in [0.29, 0.717) is 0 Å². The maximum absolute atomic E-state index is 11.6. The summed E-state index contributed by atoms with van der Waals surface area (Å²) in [6.45, 7) is 5.61. The van der Waals surface area contributed by atoms with Gasteiger partial charge in [-0.1, -0.05) is 17.7 Å². The van der Waals surface area contributed by atoms with Crippen LogP contribution in [0.25, 0.3) is 0 Å². The van der Waals surface area contributed by atoms with Crippen molar-refractivity contribution in [3.05, 3.63) is 34.9 Å². The Balaban J connectivity index is 3.13. The van der Waals surface area contributed by atoms with E-state index in [9.17, 15) is 4.79 Å². The molecule has 1 atom stereocenters. The highest BCUT2D eigenvalue weighted by Gasteiger charge is 2.12. The van der Waals surface area contributed by atoms with Gasteiger partial charge < -0.3 is 5.73 Å². The van der Waals surface area contributed by atoms with Crippen LogP contribution in [0.15, 0.2) is 18.2 Å². The summed E-state index contributed by atoms with van der Waals surface area (Å²) in [5.41, 5.74) is 8.37. The minimum atomic E-state index is -0.416. The van der Waals surface area contributed by atoms with Crippen molar-refractivity contribution in [3.63, 3.8) is 0 Å². The van der Waals surface area contributed by atoms with E-state index in [1.807, 2.05) is 32.0 Å². The van der Waals surface area contributed by atoms with Gasteiger partial charge in [-0.3, -0.25) is 4.79 Å². The summed E-state index contributed by atoms with van der Waals surface area (Å²) in [4.78, 5) is 11.6. The number of carbonyl (C=O) groups is 1. The second-order valence-corrected chi connectivity index (χ2v) is 3.47. The number of nitrogens with two attached hydrogens (primary N) is 1. The van der Waals surface area contributed by atoms with Crippen LogP contribution in [0.5, 0.6) is 0 Å². The Bertz CT molecular complexity index is 329. The molecule has 0 aromatic heterocycles. The van der Waals surface area contributed by atoms with Gasteiger partial charge >= 0.3 is 0 Å². The van der Waals surface area contributed by atoms with E-state index in [0.717, 1.165) is 16.7 Å². The number of Topliss-reactive ketones (excluding diaryl/α,β-unsaturated/α-hetero) is 1. The van der Waals surface area contributed by atoms with Crippen LogP contribution in [0, 0.1) is 13.8 Å². The normalized spacial score (nSPS) is 12.6. The Kier molecular flexibility index (Phi) is 2.83. The number of hydrogen-bond acceptors (Lipinski definition) is 2. The highest BCUT2D eigenvalue weighted by atomic mass is 16.1. The first-order valence-corrected chi connectivity index (χ1v) is 4.39. The van der Waals surface area contributed by atoms with Crippen molar-refractivity contribution in [3.8, 4) is 0 Å². The summed E-state index contributed by atoms with van der Waals surface area (Å²) < 4.78 is 0. The number of aryl methyl sites for hydroxylation is 2. The van der Waals surface area contributed by atoms with Gasteiger partial charge in [0.05, 0.1) is 6.04 Å². The third-order valence-electron chi connectivity index (χ3n) is 2.07. The third-order valence-corrected chi connectivity index (χ3v) is 2.07. The van der Waals surface area contributed by atoms with Gasteiger partial charge in [-0.05, 0) is 32.4 Å². The molecule has 0 saturated carbocycles. The van der Waals surface area contributed by atoms with Gasteiger partial charge in [0.25, 0.3) is 0 Å². The van der Waals surface area contributed by atoms with Gasteiger partial charge in [-0.2, -0.15) is 0 Å². The molecule has 70 valence electrons. The SMILES string of the molecule is Cc1ccc(C)c(C(=O)C(C)N)c1. The third kappa shape index (κ3) is 2.16. The van der Waals surface area contributed by atoms with E-state index >= 15 is 0 Å². The summed E-state index contributed by atoms with van der Waals surface area (Å²) in [5, 5.41) is 0. The maximum Gasteiger partial charge on any atom is 0.179 e. The van der Waals surface area contributed by atoms with Crippen LogP contribution in [-0.4, -0.2) is 11.8 Å². The number of carbonyl (C=O) groups excluding carboxylic acids is 1. The average Bonchev–Trinajstić information content (AvgIpc) is 2.08. The molecule has 0 aliphatic rings. The molecule has 1 unspecified atom stereocenters. The first-order valence-electron chi connectivity index (χ1n) is 4.39. The lowest BCUT2D eigenvalue weighted by Crippen LogP contribution is -2.27.